The van der Waals surface area contributed by atoms with Crippen LogP contribution in [-0.2, 0) is 28.6 Å². The van der Waals surface area contributed by atoms with E-state index in [2.05, 4.69) is 10.6 Å². The third-order valence-corrected chi connectivity index (χ3v) is 4.00. The lowest BCUT2D eigenvalue weighted by Crippen LogP contribution is -2.53. The van der Waals surface area contributed by atoms with Gasteiger partial charge in [0.2, 0.25) is 0 Å². The molecule has 0 saturated heterocycles. The van der Waals surface area contributed by atoms with Gasteiger partial charge in [-0.2, -0.15) is 0 Å². The fourth-order valence-corrected chi connectivity index (χ4v) is 2.75. The Hall–Kier alpha value is -2.36. The van der Waals surface area contributed by atoms with Crippen LogP contribution in [0.5, 0.6) is 0 Å². The van der Waals surface area contributed by atoms with E-state index in [-0.39, 0.29) is 12.8 Å². The molecule has 4 N–H and O–H groups in total. The van der Waals surface area contributed by atoms with Crippen LogP contribution in [0.25, 0.3) is 0 Å². The number of nitrogens with one attached hydrogen (secondary N) is 2. The van der Waals surface area contributed by atoms with Gasteiger partial charge in [0.25, 0.3) is 0 Å². The van der Waals surface area contributed by atoms with Crippen LogP contribution in [0.4, 0.5) is 4.79 Å². The van der Waals surface area contributed by atoms with Gasteiger partial charge >= 0.3 is 23.9 Å². The molecular weight excluding hydrogens is 442 g/mol. The summed E-state index contributed by atoms with van der Waals surface area (Å²) in [5, 5.41) is 5.11. The number of rotatable bonds is 11. The number of amides is 2. The molecule has 0 fully saturated rings. The molecule has 0 aliphatic carbocycles. The summed E-state index contributed by atoms with van der Waals surface area (Å²) in [4.78, 5) is 50.1. The molecule has 10 nitrogen and oxygen atoms in total. The third-order valence-electron chi connectivity index (χ3n) is 4.00. The number of urea groups is 1. The molecule has 0 heterocycles. The van der Waals surface area contributed by atoms with Gasteiger partial charge in [-0.05, 0) is 94.5 Å². The van der Waals surface area contributed by atoms with E-state index in [4.69, 9.17) is 19.9 Å². The molecule has 0 radical (unpaired) electrons. The van der Waals surface area contributed by atoms with E-state index >= 15 is 0 Å². The van der Waals surface area contributed by atoms with Gasteiger partial charge in [0.15, 0.2) is 0 Å². The van der Waals surface area contributed by atoms with E-state index in [9.17, 15) is 19.2 Å². The summed E-state index contributed by atoms with van der Waals surface area (Å²) in [7, 11) is 0. The Morgan fingerprint density at radius 1 is 0.676 bits per heavy atom. The summed E-state index contributed by atoms with van der Waals surface area (Å²) in [5.41, 5.74) is 3.34. The van der Waals surface area contributed by atoms with E-state index < -0.39 is 52.8 Å². The maximum atomic E-state index is 12.7. The van der Waals surface area contributed by atoms with Crippen molar-refractivity contribution in [2.75, 3.05) is 6.54 Å². The van der Waals surface area contributed by atoms with Crippen molar-refractivity contribution in [2.45, 2.75) is 123 Å². The molecule has 2 amide bonds. The molecule has 198 valence electrons. The van der Waals surface area contributed by atoms with Crippen molar-refractivity contribution in [3.05, 3.63) is 0 Å². The molecule has 0 rings (SSSR count). The van der Waals surface area contributed by atoms with E-state index in [1.807, 2.05) is 0 Å². The number of ether oxygens (including phenoxy) is 3. The van der Waals surface area contributed by atoms with Gasteiger partial charge in [-0.25, -0.2) is 14.4 Å². The Bertz CT molecular complexity index is 688. The van der Waals surface area contributed by atoms with E-state index in [0.29, 0.717) is 25.8 Å². The van der Waals surface area contributed by atoms with Gasteiger partial charge in [-0.1, -0.05) is 0 Å². The largest absolute Gasteiger partial charge is 0.460 e. The Balaban J connectivity index is 5.37. The second-order valence-electron chi connectivity index (χ2n) is 11.2. The topological polar surface area (TPSA) is 146 Å². The number of carbonyl (C=O) groups excluding carboxylic acids is 4. The number of hydrogen-bond donors (Lipinski definition) is 3. The number of nitrogens with two attached hydrogens (primary N) is 1. The van der Waals surface area contributed by atoms with Crippen LogP contribution in [0.15, 0.2) is 0 Å². The zero-order chi connectivity index (χ0) is 26.7. The zero-order valence-electron chi connectivity index (χ0n) is 22.3. The molecule has 1 unspecified atom stereocenters. The van der Waals surface area contributed by atoms with Crippen LogP contribution >= 0.6 is 0 Å². The Labute approximate surface area is 204 Å². The highest BCUT2D eigenvalue weighted by atomic mass is 16.6. The molecule has 2 atom stereocenters. The molecule has 0 spiro atoms. The minimum absolute atomic E-state index is 0.0263. The maximum absolute atomic E-state index is 12.7. The molecule has 0 saturated carbocycles. The Kier molecular flexibility index (Phi) is 12.6. The lowest BCUT2D eigenvalue weighted by atomic mass is 10.1. The smallest absolute Gasteiger partial charge is 0.329 e. The Morgan fingerprint density at radius 2 is 1.09 bits per heavy atom. The summed E-state index contributed by atoms with van der Waals surface area (Å²) in [6.45, 7) is 16.0. The van der Waals surface area contributed by atoms with Crippen molar-refractivity contribution in [1.29, 1.82) is 0 Å². The van der Waals surface area contributed by atoms with Gasteiger partial charge in [0.1, 0.15) is 28.9 Å². The predicted molar refractivity (Wildman–Crippen MR) is 129 cm³/mol. The van der Waals surface area contributed by atoms with Crippen molar-refractivity contribution in [2.24, 2.45) is 5.73 Å². The van der Waals surface area contributed by atoms with Gasteiger partial charge in [-0.3, -0.25) is 4.79 Å². The minimum Gasteiger partial charge on any atom is -0.460 e. The molecule has 10 heteroatoms. The van der Waals surface area contributed by atoms with Crippen LogP contribution in [0, 0.1) is 0 Å². The average Bonchev–Trinajstić information content (AvgIpc) is 2.60. The number of unbranched alkanes of at least 4 members (excludes halogenated alkanes) is 1. The standard InChI is InChI=1S/C24H45N3O7/c1-22(2,3)32-18(28)14-13-17(20(30)34-24(7,8)9)27-21(31)26-16(12-10-11-15-25)19(29)33-23(4,5)6/h16-17H,10-15,25H2,1-9H3,(H2,26,27,31)/t16-,17?/m0/s1. The van der Waals surface area contributed by atoms with E-state index in [1.165, 1.54) is 0 Å². The molecule has 0 bridgehead atoms. The molecule has 0 aromatic heterocycles. The fraction of sp³-hybridized carbons (Fsp3) is 0.833. The second-order valence-corrected chi connectivity index (χ2v) is 11.2. The first-order valence-electron chi connectivity index (χ1n) is 11.8. The number of esters is 3. The summed E-state index contributed by atoms with van der Waals surface area (Å²) < 4.78 is 16.1. The summed E-state index contributed by atoms with van der Waals surface area (Å²) >= 11 is 0. The molecule has 34 heavy (non-hydrogen) atoms. The van der Waals surface area contributed by atoms with Crippen LogP contribution < -0.4 is 16.4 Å². The average molecular weight is 488 g/mol. The van der Waals surface area contributed by atoms with Gasteiger partial charge in [0, 0.05) is 6.42 Å². The van der Waals surface area contributed by atoms with Crippen LogP contribution in [0.1, 0.15) is 94.4 Å². The summed E-state index contributed by atoms with van der Waals surface area (Å²) in [6, 6.07) is -2.78. The highest BCUT2D eigenvalue weighted by Crippen LogP contribution is 2.14. The fourth-order valence-electron chi connectivity index (χ4n) is 2.75. The highest BCUT2D eigenvalue weighted by Gasteiger charge is 2.31. The predicted octanol–water partition coefficient (Wildman–Crippen LogP) is 2.96. The quantitative estimate of drug-likeness (QED) is 0.229. The van der Waals surface area contributed by atoms with Crippen molar-refractivity contribution < 1.29 is 33.4 Å². The highest BCUT2D eigenvalue weighted by molar-refractivity contribution is 5.87. The van der Waals surface area contributed by atoms with Crippen molar-refractivity contribution in [3.63, 3.8) is 0 Å². The summed E-state index contributed by atoms with van der Waals surface area (Å²) in [6.07, 6.45) is 1.48. The van der Waals surface area contributed by atoms with E-state index in [0.717, 1.165) is 0 Å². The van der Waals surface area contributed by atoms with Crippen LogP contribution in [0.2, 0.25) is 0 Å². The van der Waals surface area contributed by atoms with E-state index in [1.54, 1.807) is 62.3 Å². The normalized spacial score (nSPS) is 13.9. The van der Waals surface area contributed by atoms with Gasteiger partial charge in [0.05, 0.1) is 0 Å². The monoisotopic (exact) mass is 487 g/mol. The third kappa shape index (κ3) is 16.3. The molecule has 0 aliphatic heterocycles. The SMILES string of the molecule is CC(C)(C)OC(=O)CCC(NC(=O)N[C@@H](CCCCN)C(=O)OC(C)(C)C)C(=O)OC(C)(C)C. The first-order valence-corrected chi connectivity index (χ1v) is 11.8. The Morgan fingerprint density at radius 3 is 1.47 bits per heavy atom. The maximum Gasteiger partial charge on any atom is 0.329 e. The minimum atomic E-state index is -1.12. The van der Waals surface area contributed by atoms with Gasteiger partial charge < -0.3 is 30.6 Å². The number of hydrogen-bond acceptors (Lipinski definition) is 8. The van der Waals surface area contributed by atoms with Crippen molar-refractivity contribution >= 4 is 23.9 Å². The molecular formula is C24H45N3O7. The second kappa shape index (κ2) is 13.5. The summed E-state index contributed by atoms with van der Waals surface area (Å²) in [5.74, 6) is -1.78. The van der Waals surface area contributed by atoms with Crippen LogP contribution in [0.3, 0.4) is 0 Å². The van der Waals surface area contributed by atoms with Crippen LogP contribution in [-0.4, -0.2) is 59.4 Å². The number of carbonyl (C=O) groups is 4. The van der Waals surface area contributed by atoms with Crippen molar-refractivity contribution in [1.82, 2.24) is 10.6 Å². The van der Waals surface area contributed by atoms with Gasteiger partial charge in [-0.15, -0.1) is 0 Å². The first kappa shape index (κ1) is 31.6. The lowest BCUT2D eigenvalue weighted by molar-refractivity contribution is -0.159. The molecule has 0 aromatic carbocycles. The lowest BCUT2D eigenvalue weighted by Gasteiger charge is -2.27. The van der Waals surface area contributed by atoms with Crippen molar-refractivity contribution in [3.8, 4) is 0 Å². The molecule has 0 aromatic rings. The first-order chi connectivity index (χ1) is 15.3. The molecule has 0 aliphatic rings. The zero-order valence-corrected chi connectivity index (χ0v) is 22.3.